The molecule has 1 aromatic rings. The fourth-order valence-electron chi connectivity index (χ4n) is 4.70. The molecule has 6 nitrogen and oxygen atoms in total. The van der Waals surface area contributed by atoms with Crippen LogP contribution in [0.3, 0.4) is 0 Å². The summed E-state index contributed by atoms with van der Waals surface area (Å²) in [6.45, 7) is 2.37. The number of rotatable bonds is 6. The highest BCUT2D eigenvalue weighted by Crippen LogP contribution is 2.52. The SMILES string of the molecule is CC1OCCC1C(=O)NC12CC(C1)C(NC(=O)COc1ccc(Cl)c(F)c1)C2. The number of halogens is 2. The number of carbonyl (C=O) groups is 2. The molecule has 1 saturated heterocycles. The number of fused-ring (bicyclic) bond motifs is 1. The van der Waals surface area contributed by atoms with Crippen molar-refractivity contribution in [1.29, 1.82) is 0 Å². The third kappa shape index (κ3) is 3.82. The summed E-state index contributed by atoms with van der Waals surface area (Å²) in [5, 5.41) is 6.20. The van der Waals surface area contributed by atoms with Gasteiger partial charge in [-0.3, -0.25) is 9.59 Å². The molecule has 3 aliphatic carbocycles. The van der Waals surface area contributed by atoms with E-state index in [-0.39, 0.29) is 52.8 Å². The van der Waals surface area contributed by atoms with Crippen molar-refractivity contribution < 1.29 is 23.5 Å². The maximum atomic E-state index is 13.4. The van der Waals surface area contributed by atoms with E-state index in [0.717, 1.165) is 31.7 Å². The van der Waals surface area contributed by atoms with E-state index in [9.17, 15) is 14.0 Å². The predicted octanol–water partition coefficient (Wildman–Crippen LogP) is 2.44. The summed E-state index contributed by atoms with van der Waals surface area (Å²) in [6.07, 6.45) is 3.21. The average Bonchev–Trinajstić information content (AvgIpc) is 3.28. The molecule has 8 heteroatoms. The van der Waals surface area contributed by atoms with Crippen molar-refractivity contribution in [3.05, 3.63) is 29.0 Å². The Morgan fingerprint density at radius 3 is 2.82 bits per heavy atom. The van der Waals surface area contributed by atoms with Crippen molar-refractivity contribution in [2.24, 2.45) is 11.8 Å². The third-order valence-electron chi connectivity index (χ3n) is 6.19. The average molecular weight is 411 g/mol. The Balaban J connectivity index is 1.25. The van der Waals surface area contributed by atoms with Gasteiger partial charge >= 0.3 is 0 Å². The highest BCUT2D eigenvalue weighted by atomic mass is 35.5. The van der Waals surface area contributed by atoms with E-state index in [0.29, 0.717) is 12.5 Å². The maximum absolute atomic E-state index is 13.4. The second-order valence-electron chi connectivity index (χ2n) is 8.15. The van der Waals surface area contributed by atoms with E-state index >= 15 is 0 Å². The number of nitrogens with one attached hydrogen (secondary N) is 2. The molecular formula is C20H24ClFN2O4. The highest BCUT2D eigenvalue weighted by Gasteiger charge is 2.57. The number of carbonyl (C=O) groups excluding carboxylic acids is 2. The minimum absolute atomic E-state index is 0.00781. The fraction of sp³-hybridized carbons (Fsp3) is 0.600. The molecule has 3 atom stereocenters. The van der Waals surface area contributed by atoms with E-state index in [2.05, 4.69) is 10.6 Å². The second-order valence-corrected chi connectivity index (χ2v) is 8.56. The van der Waals surface area contributed by atoms with Crippen LogP contribution in [-0.4, -0.2) is 42.7 Å². The fourth-order valence-corrected chi connectivity index (χ4v) is 4.82. The molecule has 1 heterocycles. The first-order valence-electron chi connectivity index (χ1n) is 9.66. The van der Waals surface area contributed by atoms with Gasteiger partial charge in [0.15, 0.2) is 6.61 Å². The van der Waals surface area contributed by atoms with Crippen LogP contribution in [-0.2, 0) is 14.3 Å². The second kappa shape index (κ2) is 7.52. The van der Waals surface area contributed by atoms with Crippen LogP contribution in [0.1, 0.15) is 32.6 Å². The molecule has 2 bridgehead atoms. The van der Waals surface area contributed by atoms with Gasteiger partial charge in [-0.05, 0) is 50.7 Å². The Hall–Kier alpha value is -1.86. The van der Waals surface area contributed by atoms with Crippen LogP contribution >= 0.6 is 11.6 Å². The quantitative estimate of drug-likeness (QED) is 0.755. The van der Waals surface area contributed by atoms with Crippen LogP contribution in [0.2, 0.25) is 5.02 Å². The van der Waals surface area contributed by atoms with Gasteiger partial charge in [-0.15, -0.1) is 0 Å². The van der Waals surface area contributed by atoms with Crippen LogP contribution in [0.15, 0.2) is 18.2 Å². The highest BCUT2D eigenvalue weighted by molar-refractivity contribution is 6.30. The van der Waals surface area contributed by atoms with Crippen molar-refractivity contribution >= 4 is 23.4 Å². The van der Waals surface area contributed by atoms with Gasteiger partial charge in [0, 0.05) is 24.3 Å². The number of benzene rings is 1. The molecule has 3 unspecified atom stereocenters. The lowest BCUT2D eigenvalue weighted by Crippen LogP contribution is -2.54. The molecule has 0 radical (unpaired) electrons. The summed E-state index contributed by atoms with van der Waals surface area (Å²) < 4.78 is 24.2. The van der Waals surface area contributed by atoms with Crippen LogP contribution in [0, 0.1) is 17.7 Å². The molecule has 2 amide bonds. The van der Waals surface area contributed by atoms with Gasteiger partial charge in [0.25, 0.3) is 5.91 Å². The topological polar surface area (TPSA) is 76.7 Å². The predicted molar refractivity (Wildman–Crippen MR) is 101 cm³/mol. The van der Waals surface area contributed by atoms with Crippen molar-refractivity contribution in [3.63, 3.8) is 0 Å². The van der Waals surface area contributed by atoms with Crippen molar-refractivity contribution in [1.82, 2.24) is 10.6 Å². The lowest BCUT2D eigenvalue weighted by Gasteiger charge is -2.40. The largest absolute Gasteiger partial charge is 0.484 e. The van der Waals surface area contributed by atoms with Crippen LogP contribution in [0.25, 0.3) is 0 Å². The Kier molecular flexibility index (Phi) is 5.22. The maximum Gasteiger partial charge on any atom is 0.258 e. The van der Waals surface area contributed by atoms with Gasteiger partial charge < -0.3 is 20.1 Å². The summed E-state index contributed by atoms with van der Waals surface area (Å²) in [5.41, 5.74) is -0.206. The van der Waals surface area contributed by atoms with Gasteiger partial charge in [-0.2, -0.15) is 0 Å². The van der Waals surface area contributed by atoms with E-state index in [1.54, 1.807) is 0 Å². The minimum atomic E-state index is -0.587. The van der Waals surface area contributed by atoms with E-state index < -0.39 is 5.82 Å². The first-order chi connectivity index (χ1) is 13.3. The lowest BCUT2D eigenvalue weighted by molar-refractivity contribution is -0.129. The molecule has 0 spiro atoms. The molecule has 1 aromatic carbocycles. The van der Waals surface area contributed by atoms with Gasteiger partial charge in [0.05, 0.1) is 17.0 Å². The molecule has 3 saturated carbocycles. The summed E-state index contributed by atoms with van der Waals surface area (Å²) in [6, 6.07) is 4.08. The number of ether oxygens (including phenoxy) is 2. The van der Waals surface area contributed by atoms with Crippen molar-refractivity contribution in [3.8, 4) is 5.75 Å². The molecule has 4 aliphatic rings. The monoisotopic (exact) mass is 410 g/mol. The molecule has 152 valence electrons. The van der Waals surface area contributed by atoms with Gasteiger partial charge in [0.2, 0.25) is 5.91 Å². The lowest BCUT2D eigenvalue weighted by atomic mass is 9.76. The normalized spacial score (nSPS) is 33.2. The summed E-state index contributed by atoms with van der Waals surface area (Å²) >= 11 is 5.63. The zero-order valence-electron chi connectivity index (χ0n) is 15.7. The Labute approximate surface area is 168 Å². The number of amides is 2. The summed E-state index contributed by atoms with van der Waals surface area (Å²) in [4.78, 5) is 24.7. The van der Waals surface area contributed by atoms with Crippen molar-refractivity contribution in [2.45, 2.75) is 50.3 Å². The molecule has 28 heavy (non-hydrogen) atoms. The first kappa shape index (κ1) is 19.5. The van der Waals surface area contributed by atoms with Gasteiger partial charge in [0.1, 0.15) is 11.6 Å². The third-order valence-corrected chi connectivity index (χ3v) is 6.50. The van der Waals surface area contributed by atoms with E-state index in [4.69, 9.17) is 21.1 Å². The molecule has 1 aliphatic heterocycles. The van der Waals surface area contributed by atoms with Crippen molar-refractivity contribution in [2.75, 3.05) is 13.2 Å². The Bertz CT molecular complexity index is 783. The molecule has 5 rings (SSSR count). The molecular weight excluding hydrogens is 387 g/mol. The first-order valence-corrected chi connectivity index (χ1v) is 10.0. The summed E-state index contributed by atoms with van der Waals surface area (Å²) in [5.74, 6) is -0.249. The molecule has 4 fully saturated rings. The number of hydrogen-bond acceptors (Lipinski definition) is 4. The Morgan fingerprint density at radius 1 is 1.36 bits per heavy atom. The Morgan fingerprint density at radius 2 is 2.14 bits per heavy atom. The molecule has 2 N–H and O–H groups in total. The zero-order chi connectivity index (χ0) is 19.9. The number of hydrogen-bond donors (Lipinski definition) is 2. The zero-order valence-corrected chi connectivity index (χ0v) is 16.4. The van der Waals surface area contributed by atoms with Crippen LogP contribution < -0.4 is 15.4 Å². The van der Waals surface area contributed by atoms with Gasteiger partial charge in [-0.25, -0.2) is 4.39 Å². The minimum Gasteiger partial charge on any atom is -0.484 e. The van der Waals surface area contributed by atoms with Gasteiger partial charge in [-0.1, -0.05) is 11.6 Å². The van der Waals surface area contributed by atoms with E-state index in [1.807, 2.05) is 6.92 Å². The standard InChI is InChI=1S/C20H24ClFN2O4/c1-11-14(4-5-27-11)19(26)24-20-7-12(8-20)17(9-20)23-18(25)10-28-13-2-3-15(21)16(22)6-13/h2-3,6,11-12,14,17H,4-5,7-10H2,1H3,(H,23,25)(H,24,26). The smallest absolute Gasteiger partial charge is 0.258 e. The molecule has 0 aromatic heterocycles. The van der Waals surface area contributed by atoms with E-state index in [1.165, 1.54) is 12.1 Å². The van der Waals surface area contributed by atoms with Crippen LogP contribution in [0.4, 0.5) is 4.39 Å². The summed E-state index contributed by atoms with van der Waals surface area (Å²) in [7, 11) is 0. The van der Waals surface area contributed by atoms with Crippen LogP contribution in [0.5, 0.6) is 5.75 Å².